The van der Waals surface area contributed by atoms with Gasteiger partial charge in [0.05, 0.1) is 6.04 Å². The topological polar surface area (TPSA) is 32.3 Å². The second kappa shape index (κ2) is 6.64. The van der Waals surface area contributed by atoms with Crippen LogP contribution >= 0.6 is 28.1 Å². The third-order valence-electron chi connectivity index (χ3n) is 3.78. The molecule has 116 valence electrons. The molecule has 0 saturated carbocycles. The predicted molar refractivity (Wildman–Crippen MR) is 99.6 cm³/mol. The molecule has 3 rings (SSSR count). The molecule has 1 fully saturated rings. The lowest BCUT2D eigenvalue weighted by Crippen LogP contribution is -2.33. The van der Waals surface area contributed by atoms with Crippen molar-refractivity contribution in [3.8, 4) is 0 Å². The zero-order valence-corrected chi connectivity index (χ0v) is 14.9. The van der Waals surface area contributed by atoms with Crippen molar-refractivity contribution in [3.05, 3.63) is 75.9 Å². The first-order valence-corrected chi connectivity index (χ1v) is 8.44. The van der Waals surface area contributed by atoms with Crippen LogP contribution in [0.25, 0.3) is 6.08 Å². The van der Waals surface area contributed by atoms with Gasteiger partial charge in [-0.1, -0.05) is 64.5 Å². The van der Waals surface area contributed by atoms with Crippen LogP contribution in [0.3, 0.4) is 0 Å². The Morgan fingerprint density at radius 1 is 1.13 bits per heavy atom. The number of nitrogens with one attached hydrogen (secondary N) is 1. The molecule has 3 nitrogen and oxygen atoms in total. The molecular formula is C18H15BrN2OS. The molecule has 2 aromatic carbocycles. The molecule has 1 N–H and O–H groups in total. The number of rotatable bonds is 3. The molecule has 0 radical (unpaired) electrons. The van der Waals surface area contributed by atoms with Gasteiger partial charge in [0.2, 0.25) is 0 Å². The molecule has 0 spiro atoms. The fourth-order valence-electron chi connectivity index (χ4n) is 2.53. The average molecular weight is 387 g/mol. The molecule has 0 bridgehead atoms. The van der Waals surface area contributed by atoms with Crippen molar-refractivity contribution >= 4 is 45.2 Å². The third-order valence-corrected chi connectivity index (χ3v) is 4.80. The molecule has 1 aliphatic rings. The quantitative estimate of drug-likeness (QED) is 0.631. The lowest BCUT2D eigenvalue weighted by Gasteiger charge is -2.23. The van der Waals surface area contributed by atoms with Crippen molar-refractivity contribution < 1.29 is 4.79 Å². The van der Waals surface area contributed by atoms with E-state index in [1.165, 1.54) is 0 Å². The molecule has 1 heterocycles. The summed E-state index contributed by atoms with van der Waals surface area (Å²) in [5.74, 6) is -0.109. The van der Waals surface area contributed by atoms with Crippen molar-refractivity contribution in [2.75, 3.05) is 0 Å². The van der Waals surface area contributed by atoms with E-state index in [0.717, 1.165) is 15.6 Å². The molecule has 1 aliphatic heterocycles. The number of thiocarbonyl (C=S) groups is 1. The van der Waals surface area contributed by atoms with Crippen molar-refractivity contribution in [3.63, 3.8) is 0 Å². The summed E-state index contributed by atoms with van der Waals surface area (Å²) in [6.07, 6.45) is 1.82. The summed E-state index contributed by atoms with van der Waals surface area (Å²) in [5, 5.41) is 3.46. The summed E-state index contributed by atoms with van der Waals surface area (Å²) in [5.41, 5.74) is 2.47. The molecule has 1 unspecified atom stereocenters. The molecule has 1 atom stereocenters. The lowest BCUT2D eigenvalue weighted by molar-refractivity contribution is -0.123. The van der Waals surface area contributed by atoms with Gasteiger partial charge in [-0.05, 0) is 42.4 Å². The maximum absolute atomic E-state index is 12.7. The van der Waals surface area contributed by atoms with Gasteiger partial charge in [-0.3, -0.25) is 9.69 Å². The maximum atomic E-state index is 12.7. The van der Waals surface area contributed by atoms with Gasteiger partial charge in [0, 0.05) is 4.47 Å². The largest absolute Gasteiger partial charge is 0.328 e. The van der Waals surface area contributed by atoms with Gasteiger partial charge in [-0.15, -0.1) is 0 Å². The standard InChI is InChI=1S/C18H15BrN2OS/c1-12(13-7-3-2-4-8-13)21-17(22)16(20-18(21)23)11-14-9-5-6-10-15(14)19/h2-12H,1H3,(H,20,23)/b16-11-. The smallest absolute Gasteiger partial charge is 0.277 e. The number of amides is 1. The van der Waals surface area contributed by atoms with Crippen molar-refractivity contribution in [2.24, 2.45) is 0 Å². The Morgan fingerprint density at radius 3 is 2.48 bits per heavy atom. The predicted octanol–water partition coefficient (Wildman–Crippen LogP) is 4.27. The van der Waals surface area contributed by atoms with E-state index in [1.807, 2.05) is 67.6 Å². The first kappa shape index (κ1) is 15.9. The number of nitrogens with zero attached hydrogens (tertiary/aromatic N) is 1. The summed E-state index contributed by atoms with van der Waals surface area (Å²) in [7, 11) is 0. The van der Waals surface area contributed by atoms with Gasteiger partial charge in [0.1, 0.15) is 5.70 Å². The van der Waals surface area contributed by atoms with Gasteiger partial charge in [-0.25, -0.2) is 0 Å². The molecular weight excluding hydrogens is 372 g/mol. The Hall–Kier alpha value is -1.98. The molecule has 23 heavy (non-hydrogen) atoms. The van der Waals surface area contributed by atoms with Gasteiger partial charge in [0.25, 0.3) is 5.91 Å². The molecule has 2 aromatic rings. The normalized spacial score (nSPS) is 17.5. The monoisotopic (exact) mass is 386 g/mol. The van der Waals surface area contributed by atoms with E-state index in [-0.39, 0.29) is 11.9 Å². The second-order valence-corrected chi connectivity index (χ2v) is 6.51. The van der Waals surface area contributed by atoms with Crippen LogP contribution in [0.4, 0.5) is 0 Å². The number of halogens is 1. The van der Waals surface area contributed by atoms with E-state index in [0.29, 0.717) is 10.8 Å². The summed E-state index contributed by atoms with van der Waals surface area (Å²) < 4.78 is 0.933. The Balaban J connectivity index is 1.90. The van der Waals surface area contributed by atoms with Crippen molar-refractivity contribution in [2.45, 2.75) is 13.0 Å². The van der Waals surface area contributed by atoms with Crippen LogP contribution in [0.1, 0.15) is 24.1 Å². The summed E-state index contributed by atoms with van der Waals surface area (Å²) in [6.45, 7) is 1.97. The van der Waals surface area contributed by atoms with E-state index < -0.39 is 0 Å². The summed E-state index contributed by atoms with van der Waals surface area (Å²) >= 11 is 8.85. The number of benzene rings is 2. The van der Waals surface area contributed by atoms with Crippen LogP contribution in [-0.4, -0.2) is 15.9 Å². The number of carbonyl (C=O) groups excluding carboxylic acids is 1. The minimum atomic E-state index is -0.117. The van der Waals surface area contributed by atoms with Gasteiger partial charge in [0.15, 0.2) is 5.11 Å². The first-order chi connectivity index (χ1) is 11.1. The van der Waals surface area contributed by atoms with Gasteiger partial charge < -0.3 is 5.32 Å². The van der Waals surface area contributed by atoms with Gasteiger partial charge in [-0.2, -0.15) is 0 Å². The van der Waals surface area contributed by atoms with Crippen molar-refractivity contribution in [1.29, 1.82) is 0 Å². The Kier molecular flexibility index (Phi) is 4.59. The van der Waals surface area contributed by atoms with E-state index >= 15 is 0 Å². The van der Waals surface area contributed by atoms with E-state index in [4.69, 9.17) is 12.2 Å². The number of hydrogen-bond donors (Lipinski definition) is 1. The zero-order valence-electron chi connectivity index (χ0n) is 12.5. The zero-order chi connectivity index (χ0) is 16.4. The Labute approximate surface area is 149 Å². The SMILES string of the molecule is CC(c1ccccc1)N1C(=O)/C(=C/c2ccccc2Br)NC1=S. The van der Waals surface area contributed by atoms with E-state index in [1.54, 1.807) is 4.90 Å². The third kappa shape index (κ3) is 3.21. The highest BCUT2D eigenvalue weighted by molar-refractivity contribution is 9.10. The fourth-order valence-corrected chi connectivity index (χ4v) is 3.28. The molecule has 1 saturated heterocycles. The highest BCUT2D eigenvalue weighted by atomic mass is 79.9. The lowest BCUT2D eigenvalue weighted by atomic mass is 10.1. The fraction of sp³-hybridized carbons (Fsp3) is 0.111. The highest BCUT2D eigenvalue weighted by Gasteiger charge is 2.34. The molecule has 0 aromatic heterocycles. The van der Waals surface area contributed by atoms with Crippen molar-refractivity contribution in [1.82, 2.24) is 10.2 Å². The van der Waals surface area contributed by atoms with E-state index in [9.17, 15) is 4.79 Å². The molecule has 5 heteroatoms. The van der Waals surface area contributed by atoms with Crippen LogP contribution in [-0.2, 0) is 4.79 Å². The Morgan fingerprint density at radius 2 is 1.78 bits per heavy atom. The summed E-state index contributed by atoms with van der Waals surface area (Å²) in [6, 6.07) is 17.5. The molecule has 1 amide bonds. The number of hydrogen-bond acceptors (Lipinski definition) is 2. The Bertz CT molecular complexity index is 789. The molecule has 0 aliphatic carbocycles. The second-order valence-electron chi connectivity index (χ2n) is 5.27. The first-order valence-electron chi connectivity index (χ1n) is 7.23. The van der Waals surface area contributed by atoms with Crippen LogP contribution in [0.5, 0.6) is 0 Å². The minimum Gasteiger partial charge on any atom is -0.328 e. The number of carbonyl (C=O) groups is 1. The van der Waals surface area contributed by atoms with Crippen LogP contribution in [0, 0.1) is 0 Å². The minimum absolute atomic E-state index is 0.109. The van der Waals surface area contributed by atoms with Crippen LogP contribution < -0.4 is 5.32 Å². The maximum Gasteiger partial charge on any atom is 0.277 e. The summed E-state index contributed by atoms with van der Waals surface area (Å²) in [4.78, 5) is 14.4. The van der Waals surface area contributed by atoms with Crippen LogP contribution in [0.2, 0.25) is 0 Å². The van der Waals surface area contributed by atoms with Crippen LogP contribution in [0.15, 0.2) is 64.8 Å². The highest BCUT2D eigenvalue weighted by Crippen LogP contribution is 2.27. The van der Waals surface area contributed by atoms with E-state index in [2.05, 4.69) is 21.2 Å². The average Bonchev–Trinajstić information content (AvgIpc) is 2.84. The van der Waals surface area contributed by atoms with Gasteiger partial charge >= 0.3 is 0 Å².